The highest BCUT2D eigenvalue weighted by Crippen LogP contribution is 2.37. The predicted molar refractivity (Wildman–Crippen MR) is 139 cm³/mol. The van der Waals surface area contributed by atoms with Gasteiger partial charge in [0.25, 0.3) is 0 Å². The molecular weight excluding hydrogens is 487 g/mol. The van der Waals surface area contributed by atoms with Gasteiger partial charge in [0.1, 0.15) is 6.73 Å². The number of aromatic nitrogens is 4. The van der Waals surface area contributed by atoms with Crippen LogP contribution >= 0.6 is 11.3 Å². The van der Waals surface area contributed by atoms with E-state index < -0.39 is 19.1 Å². The molecule has 3 heterocycles. The number of ether oxygens (including phenoxy) is 1. The summed E-state index contributed by atoms with van der Waals surface area (Å²) in [6.07, 6.45) is 3.51. The van der Waals surface area contributed by atoms with Crippen molar-refractivity contribution in [2.75, 3.05) is 13.4 Å². The molecule has 0 aliphatic heterocycles. The van der Waals surface area contributed by atoms with Gasteiger partial charge in [0.05, 0.1) is 33.7 Å². The van der Waals surface area contributed by atoms with Crippen LogP contribution in [0.15, 0.2) is 40.6 Å². The van der Waals surface area contributed by atoms with Gasteiger partial charge in [-0.25, -0.2) is 19.9 Å². The molecule has 34 heavy (non-hydrogen) atoms. The van der Waals surface area contributed by atoms with Crippen LogP contribution in [0.5, 0.6) is 0 Å². The van der Waals surface area contributed by atoms with Gasteiger partial charge < -0.3 is 9.16 Å². The smallest absolute Gasteiger partial charge is 0.218 e. The Hall–Kier alpha value is -2.05. The average Bonchev–Trinajstić information content (AvgIpc) is 3.14. The zero-order valence-corrected chi connectivity index (χ0v) is 23.7. The first-order valence-corrected chi connectivity index (χ1v) is 16.2. The second kappa shape index (κ2) is 10.7. The summed E-state index contributed by atoms with van der Waals surface area (Å²) in [4.78, 5) is 19.8. The number of rotatable bonds is 8. The molecule has 0 radical (unpaired) electrons. The zero-order chi connectivity index (χ0) is 25.1. The van der Waals surface area contributed by atoms with E-state index in [0.717, 1.165) is 21.1 Å². The van der Waals surface area contributed by atoms with E-state index in [9.17, 15) is 4.21 Å². The molecule has 11 heteroatoms. The third kappa shape index (κ3) is 6.54. The summed E-state index contributed by atoms with van der Waals surface area (Å²) in [6, 6.07) is 7.66. The fourth-order valence-corrected chi connectivity index (χ4v) is 5.18. The topological polar surface area (TPSA) is 91.5 Å². The minimum atomic E-state index is -1.87. The molecule has 184 valence electrons. The number of thiazole rings is 1. The van der Waals surface area contributed by atoms with Crippen LogP contribution in [0.25, 0.3) is 10.6 Å². The van der Waals surface area contributed by atoms with E-state index in [1.807, 2.05) is 42.0 Å². The first-order chi connectivity index (χ1) is 15.9. The maximum absolute atomic E-state index is 11.9. The molecular formula is C23H33N5O3S2Si. The van der Waals surface area contributed by atoms with Crippen molar-refractivity contribution in [3.63, 3.8) is 0 Å². The van der Waals surface area contributed by atoms with Crippen LogP contribution in [0, 0.1) is 6.92 Å². The number of methoxy groups -OCH3 is 1. The molecule has 0 aliphatic rings. The zero-order valence-electron chi connectivity index (χ0n) is 21.1. The van der Waals surface area contributed by atoms with Crippen molar-refractivity contribution in [3.8, 4) is 10.6 Å². The molecule has 0 fully saturated rings. The largest absolute Gasteiger partial charge is 0.411 e. The van der Waals surface area contributed by atoms with Crippen LogP contribution in [0.4, 0.5) is 5.82 Å². The van der Waals surface area contributed by atoms with Crippen molar-refractivity contribution in [1.82, 2.24) is 19.5 Å². The van der Waals surface area contributed by atoms with Crippen LogP contribution in [0.3, 0.4) is 0 Å². The molecule has 0 saturated heterocycles. The molecule has 3 aromatic heterocycles. The fourth-order valence-electron chi connectivity index (χ4n) is 2.79. The lowest BCUT2D eigenvalue weighted by atomic mass is 10.2. The van der Waals surface area contributed by atoms with Gasteiger partial charge in [-0.15, -0.1) is 0 Å². The van der Waals surface area contributed by atoms with Gasteiger partial charge >= 0.3 is 0 Å². The number of nitrogens with zero attached hydrogens (tertiary/aromatic N) is 5. The summed E-state index contributed by atoms with van der Waals surface area (Å²) in [7, 11) is -1.50. The van der Waals surface area contributed by atoms with E-state index >= 15 is 0 Å². The fraction of sp³-hybridized carbons (Fsp3) is 0.478. The second-order valence-corrected chi connectivity index (χ2v) is 16.6. The first-order valence-electron chi connectivity index (χ1n) is 10.9. The quantitative estimate of drug-likeness (QED) is 0.313. The molecule has 1 unspecified atom stereocenters. The summed E-state index contributed by atoms with van der Waals surface area (Å²) in [5.74, 6) is 0.601. The maximum atomic E-state index is 11.9. The summed E-state index contributed by atoms with van der Waals surface area (Å²) in [6.45, 7) is 13.8. The number of aryl methyl sites for hydroxylation is 1. The van der Waals surface area contributed by atoms with Crippen LogP contribution < -0.4 is 4.80 Å². The van der Waals surface area contributed by atoms with Crippen molar-refractivity contribution >= 4 is 36.3 Å². The van der Waals surface area contributed by atoms with E-state index in [2.05, 4.69) is 43.8 Å². The molecule has 8 nitrogen and oxygen atoms in total. The van der Waals surface area contributed by atoms with E-state index in [0.29, 0.717) is 30.0 Å². The monoisotopic (exact) mass is 519 g/mol. The van der Waals surface area contributed by atoms with Gasteiger partial charge in [-0.1, -0.05) is 38.2 Å². The Morgan fingerprint density at radius 3 is 2.59 bits per heavy atom. The van der Waals surface area contributed by atoms with Gasteiger partial charge in [0.15, 0.2) is 18.9 Å². The normalized spacial score (nSPS) is 13.9. The van der Waals surface area contributed by atoms with E-state index in [1.54, 1.807) is 13.4 Å². The van der Waals surface area contributed by atoms with Crippen LogP contribution in [-0.4, -0.2) is 45.4 Å². The molecule has 3 aromatic rings. The molecule has 0 amide bonds. The van der Waals surface area contributed by atoms with Crippen molar-refractivity contribution in [3.05, 3.63) is 46.7 Å². The molecule has 0 aromatic carbocycles. The summed E-state index contributed by atoms with van der Waals surface area (Å²) < 4.78 is 25.5. The van der Waals surface area contributed by atoms with Gasteiger partial charge in [0.2, 0.25) is 5.16 Å². The SMILES string of the molecule is COCn1cc(-c2cc(C)nc(S(C)=O)n2)sc1=Nc1cccc(CO[Si](C)(C)C(C)(C)C)n1. The number of pyridine rings is 1. The van der Waals surface area contributed by atoms with Crippen LogP contribution in [0.2, 0.25) is 18.1 Å². The van der Waals surface area contributed by atoms with Crippen LogP contribution in [0.1, 0.15) is 32.2 Å². The van der Waals surface area contributed by atoms with E-state index in [4.69, 9.17) is 19.1 Å². The molecule has 1 atom stereocenters. The Morgan fingerprint density at radius 1 is 1.21 bits per heavy atom. The third-order valence-corrected chi connectivity index (χ3v) is 11.9. The van der Waals surface area contributed by atoms with Gasteiger partial charge in [-0.2, -0.15) is 0 Å². The standard InChI is InChI=1S/C23H33N5O3S2Si/c1-16-12-18(26-21(24-16)33(6)29)19-13-28(15-30-5)22(32-19)27-20-11-9-10-17(25-20)14-31-34(7,8)23(2,3)4/h9-13H,14-15H2,1-8H3. The Kier molecular flexibility index (Phi) is 8.35. The minimum Gasteiger partial charge on any atom is -0.411 e. The second-order valence-electron chi connectivity index (χ2n) is 9.54. The molecule has 0 aliphatic carbocycles. The average molecular weight is 520 g/mol. The highest BCUT2D eigenvalue weighted by molar-refractivity contribution is 7.84. The van der Waals surface area contributed by atoms with Gasteiger partial charge in [-0.05, 0) is 43.3 Å². The van der Waals surface area contributed by atoms with Crippen LogP contribution in [-0.2, 0) is 33.3 Å². The first kappa shape index (κ1) is 26.5. The Bertz CT molecular complexity index is 1250. The lowest BCUT2D eigenvalue weighted by molar-refractivity contribution is 0.129. The summed E-state index contributed by atoms with van der Waals surface area (Å²) >= 11 is 1.47. The molecule has 0 bridgehead atoms. The lowest BCUT2D eigenvalue weighted by Gasteiger charge is -2.36. The van der Waals surface area contributed by atoms with Crippen molar-refractivity contribution in [2.45, 2.75) is 64.3 Å². The highest BCUT2D eigenvalue weighted by Gasteiger charge is 2.37. The van der Waals surface area contributed by atoms with E-state index in [1.165, 1.54) is 11.3 Å². The summed E-state index contributed by atoms with van der Waals surface area (Å²) in [5.41, 5.74) is 2.32. The Morgan fingerprint density at radius 2 is 1.94 bits per heavy atom. The lowest BCUT2D eigenvalue weighted by Crippen LogP contribution is -2.40. The Labute approximate surface area is 208 Å². The van der Waals surface area contributed by atoms with Gasteiger partial charge in [0, 0.05) is 25.3 Å². The van der Waals surface area contributed by atoms with Crippen molar-refractivity contribution in [1.29, 1.82) is 0 Å². The summed E-state index contributed by atoms with van der Waals surface area (Å²) in [5, 5.41) is 0.453. The third-order valence-electron chi connectivity index (χ3n) is 5.72. The van der Waals surface area contributed by atoms with Gasteiger partial charge in [-0.3, -0.25) is 8.78 Å². The predicted octanol–water partition coefficient (Wildman–Crippen LogP) is 4.81. The molecule has 3 rings (SSSR count). The van der Waals surface area contributed by atoms with E-state index in [-0.39, 0.29) is 5.04 Å². The number of hydrogen-bond acceptors (Lipinski definition) is 8. The van der Waals surface area contributed by atoms with Crippen molar-refractivity contribution < 1.29 is 13.4 Å². The number of hydrogen-bond donors (Lipinski definition) is 0. The molecule has 0 spiro atoms. The molecule has 0 N–H and O–H groups in total. The Balaban J connectivity index is 1.95. The maximum Gasteiger partial charge on any atom is 0.218 e. The molecule has 0 saturated carbocycles. The highest BCUT2D eigenvalue weighted by atomic mass is 32.2. The van der Waals surface area contributed by atoms with Crippen molar-refractivity contribution in [2.24, 2.45) is 4.99 Å². The minimum absolute atomic E-state index is 0.137.